The topological polar surface area (TPSA) is 102 Å². The van der Waals surface area contributed by atoms with Gasteiger partial charge in [0.15, 0.2) is 0 Å². The summed E-state index contributed by atoms with van der Waals surface area (Å²) in [6.45, 7) is -3.20. The van der Waals surface area contributed by atoms with Gasteiger partial charge in [0.05, 0.1) is 5.69 Å². The van der Waals surface area contributed by atoms with Gasteiger partial charge in [0.2, 0.25) is 0 Å². The van der Waals surface area contributed by atoms with E-state index in [2.05, 4.69) is 14.9 Å². The number of carbonyl (C=O) groups excluding carboxylic acids is 1. The third-order valence-electron chi connectivity index (χ3n) is 6.83. The van der Waals surface area contributed by atoms with Crippen LogP contribution in [0.25, 0.3) is 22.3 Å². The fourth-order valence-electron chi connectivity index (χ4n) is 4.93. The Balaban J connectivity index is 1.37. The van der Waals surface area contributed by atoms with Crippen molar-refractivity contribution >= 4 is 28.3 Å². The minimum Gasteiger partial charge on any atom is -0.383 e. The summed E-state index contributed by atoms with van der Waals surface area (Å²) < 4.78 is 63.7. The highest BCUT2D eigenvalue weighted by Gasteiger charge is 2.21. The second-order valence-corrected chi connectivity index (χ2v) is 9.27. The lowest BCUT2D eigenvalue weighted by Gasteiger charge is -2.27. The molecule has 38 heavy (non-hydrogen) atoms. The molecule has 9 nitrogen and oxygen atoms in total. The highest BCUT2D eigenvalue weighted by Crippen LogP contribution is 2.30. The van der Waals surface area contributed by atoms with Crippen LogP contribution in [0.5, 0.6) is 0 Å². The molecule has 0 saturated carbocycles. The lowest BCUT2D eigenvalue weighted by atomic mass is 9.93. The number of fused-ring (bicyclic) bond motifs is 1. The summed E-state index contributed by atoms with van der Waals surface area (Å²) in [6.07, 6.45) is 5.60. The minimum atomic E-state index is -3.23. The van der Waals surface area contributed by atoms with Gasteiger partial charge in [-0.25, -0.2) is 14.2 Å². The van der Waals surface area contributed by atoms with Crippen molar-refractivity contribution in [2.24, 2.45) is 7.05 Å². The number of carbonyl (C=O) groups is 1. The van der Waals surface area contributed by atoms with Crippen LogP contribution in [0.4, 0.5) is 10.2 Å². The molecule has 4 aromatic rings. The van der Waals surface area contributed by atoms with Gasteiger partial charge in [0, 0.05) is 83.5 Å². The molecule has 0 saturated heterocycles. The summed E-state index contributed by atoms with van der Waals surface area (Å²) in [6, 6.07) is 7.47. The van der Waals surface area contributed by atoms with Crippen LogP contribution >= 0.6 is 0 Å². The Hall–Kier alpha value is -4.31. The van der Waals surface area contributed by atoms with Gasteiger partial charge in [-0.1, -0.05) is 6.08 Å². The van der Waals surface area contributed by atoms with Crippen LogP contribution in [-0.2, 0) is 13.6 Å². The van der Waals surface area contributed by atoms with Crippen LogP contribution in [0.1, 0.15) is 41.8 Å². The molecule has 0 spiro atoms. The zero-order valence-corrected chi connectivity index (χ0v) is 20.9. The highest BCUT2D eigenvalue weighted by atomic mass is 19.1. The van der Waals surface area contributed by atoms with E-state index in [1.54, 1.807) is 31.5 Å². The Kier molecular flexibility index (Phi) is 4.90. The molecule has 5 rings (SSSR count). The monoisotopic (exact) mass is 521 g/mol. The van der Waals surface area contributed by atoms with Crippen molar-refractivity contribution in [2.75, 3.05) is 32.8 Å². The first-order valence-electron chi connectivity index (χ1n) is 14.9. The number of nitrogen functional groups attached to an aromatic ring is 1. The van der Waals surface area contributed by atoms with Crippen molar-refractivity contribution in [3.8, 4) is 5.69 Å². The van der Waals surface area contributed by atoms with Crippen molar-refractivity contribution < 1.29 is 17.4 Å². The van der Waals surface area contributed by atoms with E-state index < -0.39 is 31.4 Å². The predicted octanol–water partition coefficient (Wildman–Crippen LogP) is 3.14. The predicted molar refractivity (Wildman–Crippen MR) is 146 cm³/mol. The number of nitrogens with zero attached hydrogens (tertiary/aromatic N) is 6. The standard InChI is InChI=1S/C28H30FN7O2/c1-17-13-19(27(37)33(2)3)14-22(29)25(17)18-6-10-35(11-7-18)16-20-15-21-23(5-9-31-26(21)34(20)4)36-12-8-24(30)32-28(36)38/h5-6,8-9,12-15H,7,10-11,16H2,1-4H3,(H2,30,32,38)/i2D3,3D3. The molecule has 1 aromatic carbocycles. The van der Waals surface area contributed by atoms with Gasteiger partial charge < -0.3 is 15.2 Å². The quantitative estimate of drug-likeness (QED) is 0.433. The molecule has 1 aliphatic heterocycles. The average molecular weight is 522 g/mol. The molecule has 2 N–H and O–H groups in total. The van der Waals surface area contributed by atoms with E-state index in [0.29, 0.717) is 48.5 Å². The molecule has 0 radical (unpaired) electrons. The van der Waals surface area contributed by atoms with E-state index in [0.717, 1.165) is 22.7 Å². The van der Waals surface area contributed by atoms with Crippen molar-refractivity contribution in [1.29, 1.82) is 0 Å². The Labute approximate surface area is 228 Å². The molecule has 0 bridgehead atoms. The number of anilines is 1. The Morgan fingerprint density at radius 3 is 2.76 bits per heavy atom. The van der Waals surface area contributed by atoms with Gasteiger partial charge in [0.25, 0.3) is 5.91 Å². The van der Waals surface area contributed by atoms with Gasteiger partial charge in [-0.15, -0.1) is 0 Å². The maximum absolute atomic E-state index is 15.4. The largest absolute Gasteiger partial charge is 0.383 e. The summed E-state index contributed by atoms with van der Waals surface area (Å²) >= 11 is 0. The number of halogens is 1. The lowest BCUT2D eigenvalue weighted by molar-refractivity contribution is 0.0827. The zero-order valence-electron chi connectivity index (χ0n) is 26.9. The average Bonchev–Trinajstić information content (AvgIpc) is 3.23. The highest BCUT2D eigenvalue weighted by molar-refractivity contribution is 5.94. The van der Waals surface area contributed by atoms with E-state index >= 15 is 4.39 Å². The molecule has 0 unspecified atom stereocenters. The van der Waals surface area contributed by atoms with Gasteiger partial charge in [-0.05, 0) is 54.8 Å². The van der Waals surface area contributed by atoms with E-state index in [4.69, 9.17) is 14.0 Å². The molecule has 196 valence electrons. The normalized spacial score (nSPS) is 17.1. The van der Waals surface area contributed by atoms with Crippen LogP contribution in [0.15, 0.2) is 53.6 Å². The van der Waals surface area contributed by atoms with Crippen molar-refractivity contribution in [2.45, 2.75) is 19.9 Å². The maximum Gasteiger partial charge on any atom is 0.354 e. The van der Waals surface area contributed by atoms with Crippen molar-refractivity contribution in [1.82, 2.24) is 28.9 Å². The first-order valence-corrected chi connectivity index (χ1v) is 11.9. The lowest BCUT2D eigenvalue weighted by Crippen LogP contribution is -2.29. The van der Waals surface area contributed by atoms with Gasteiger partial charge in [0.1, 0.15) is 17.3 Å². The molecule has 0 fully saturated rings. The number of aromatic nitrogens is 4. The number of nitrogens with two attached hydrogens (primary N) is 1. The number of pyridine rings is 1. The Morgan fingerprint density at radius 1 is 1.26 bits per heavy atom. The smallest absolute Gasteiger partial charge is 0.354 e. The molecule has 1 aliphatic rings. The summed E-state index contributed by atoms with van der Waals surface area (Å²) in [5, 5.41) is 0.773. The Bertz CT molecular complexity index is 1820. The SMILES string of the molecule is [2H]C([2H])([2H])N(C(=O)c1cc(C)c(C2=CCN(Cc3cc4c(-n5ccc(N)nc5=O)ccnc4n3C)CC2)c(F)c1)C([2H])([2H])[2H]. The number of hydrogen-bond donors (Lipinski definition) is 1. The number of hydrogen-bond acceptors (Lipinski definition) is 6. The van der Waals surface area contributed by atoms with Crippen LogP contribution in [0.2, 0.25) is 0 Å². The summed E-state index contributed by atoms with van der Waals surface area (Å²) in [4.78, 5) is 35.7. The van der Waals surface area contributed by atoms with E-state index in [1.807, 2.05) is 23.8 Å². The molecule has 3 aromatic heterocycles. The Morgan fingerprint density at radius 2 is 2.08 bits per heavy atom. The maximum atomic E-state index is 15.4. The number of rotatable bonds is 5. The zero-order chi connectivity index (χ0) is 32.1. The molecule has 4 heterocycles. The molecule has 1 amide bonds. The second-order valence-electron chi connectivity index (χ2n) is 9.27. The molecular weight excluding hydrogens is 485 g/mol. The van der Waals surface area contributed by atoms with Gasteiger partial charge >= 0.3 is 5.69 Å². The van der Waals surface area contributed by atoms with Crippen LogP contribution < -0.4 is 11.4 Å². The fourth-order valence-corrected chi connectivity index (χ4v) is 4.93. The molecule has 0 atom stereocenters. The third-order valence-corrected chi connectivity index (χ3v) is 6.83. The minimum absolute atomic E-state index is 0.135. The van der Waals surface area contributed by atoms with Crippen LogP contribution in [0.3, 0.4) is 0 Å². The van der Waals surface area contributed by atoms with Crippen molar-refractivity contribution in [3.63, 3.8) is 0 Å². The van der Waals surface area contributed by atoms with E-state index in [-0.39, 0.29) is 16.3 Å². The van der Waals surface area contributed by atoms with E-state index in [1.165, 1.54) is 10.6 Å². The number of amides is 1. The fraction of sp³-hybridized carbons (Fsp3) is 0.286. The summed E-state index contributed by atoms with van der Waals surface area (Å²) in [5.74, 6) is -1.90. The van der Waals surface area contributed by atoms with Gasteiger partial charge in [-0.3, -0.25) is 14.3 Å². The molecule has 10 heteroatoms. The second kappa shape index (κ2) is 9.86. The first kappa shape index (κ1) is 18.9. The summed E-state index contributed by atoms with van der Waals surface area (Å²) in [5.41, 5.74) is 8.50. The number of benzene rings is 1. The summed E-state index contributed by atoms with van der Waals surface area (Å²) in [7, 11) is 1.89. The van der Waals surface area contributed by atoms with Crippen molar-refractivity contribution in [3.05, 3.63) is 87.5 Å². The first-order chi connectivity index (χ1) is 20.6. The van der Waals surface area contributed by atoms with Gasteiger partial charge in [-0.2, -0.15) is 4.98 Å². The number of aryl methyl sites for hydroxylation is 2. The molecule has 0 aliphatic carbocycles. The van der Waals surface area contributed by atoms with E-state index in [9.17, 15) is 9.59 Å². The van der Waals surface area contributed by atoms with Crippen LogP contribution in [-0.4, -0.2) is 61.9 Å². The third kappa shape index (κ3) is 4.58. The molecular formula is C28H30FN7O2. The van der Waals surface area contributed by atoms with Crippen LogP contribution in [0, 0.1) is 12.7 Å².